The maximum atomic E-state index is 11.7. The first kappa shape index (κ1) is 21.7. The lowest BCUT2D eigenvalue weighted by molar-refractivity contribution is 0.242. The van der Waals surface area contributed by atoms with Gasteiger partial charge in [-0.1, -0.05) is 53.7 Å². The molecule has 0 bridgehead atoms. The van der Waals surface area contributed by atoms with E-state index in [0.717, 1.165) is 11.3 Å². The number of amides is 1. The van der Waals surface area contributed by atoms with E-state index in [1.165, 1.54) is 10.9 Å². The van der Waals surface area contributed by atoms with Crippen molar-refractivity contribution in [1.82, 2.24) is 14.9 Å². The molecule has 0 aliphatic heterocycles. The third-order valence-corrected chi connectivity index (χ3v) is 2.69. The molecule has 0 aliphatic rings. The minimum absolute atomic E-state index is 0.192. The van der Waals surface area contributed by atoms with Crippen molar-refractivity contribution in [3.63, 3.8) is 0 Å². The van der Waals surface area contributed by atoms with E-state index < -0.39 is 0 Å². The van der Waals surface area contributed by atoms with Gasteiger partial charge < -0.3 is 10.1 Å². The summed E-state index contributed by atoms with van der Waals surface area (Å²) in [4.78, 5) is 15.5. The van der Waals surface area contributed by atoms with Gasteiger partial charge in [0.15, 0.2) is 0 Å². The van der Waals surface area contributed by atoms with Crippen LogP contribution in [0.25, 0.3) is 0 Å². The number of rotatable bonds is 5. The van der Waals surface area contributed by atoms with Gasteiger partial charge in [-0.25, -0.2) is 9.78 Å². The van der Waals surface area contributed by atoms with Crippen LogP contribution in [0.15, 0.2) is 43.0 Å². The average molecular weight is 333 g/mol. The molecular formula is C19H31N3O2. The monoisotopic (exact) mass is 333 g/mol. The van der Waals surface area contributed by atoms with Gasteiger partial charge in [0.1, 0.15) is 12.1 Å². The second-order valence-electron chi connectivity index (χ2n) is 4.98. The minimum Gasteiger partial charge on any atom is -0.493 e. The lowest BCUT2D eigenvalue weighted by Crippen LogP contribution is -2.26. The van der Waals surface area contributed by atoms with Crippen molar-refractivity contribution in [2.45, 2.75) is 48.1 Å². The Balaban J connectivity index is 0.00000123. The first-order chi connectivity index (χ1) is 11.6. The highest BCUT2D eigenvalue weighted by Crippen LogP contribution is 2.13. The largest absolute Gasteiger partial charge is 0.493 e. The zero-order chi connectivity index (χ0) is 18.4. The highest BCUT2D eigenvalue weighted by Gasteiger charge is 2.03. The lowest BCUT2D eigenvalue weighted by atomic mass is 10.2. The fourth-order valence-electron chi connectivity index (χ4n) is 1.61. The Hall–Kier alpha value is -2.30. The molecule has 0 fully saturated rings. The molecule has 2 rings (SSSR count). The molecule has 1 aromatic heterocycles. The van der Waals surface area contributed by atoms with Crippen LogP contribution in [0.2, 0.25) is 0 Å². The van der Waals surface area contributed by atoms with Gasteiger partial charge >= 0.3 is 6.03 Å². The van der Waals surface area contributed by atoms with Crippen molar-refractivity contribution in [3.8, 4) is 5.75 Å². The highest BCUT2D eigenvalue weighted by atomic mass is 16.5. The number of ether oxygens (including phenoxy) is 1. The van der Waals surface area contributed by atoms with Crippen LogP contribution in [0.5, 0.6) is 5.75 Å². The number of nitrogens with zero attached hydrogens (tertiary/aromatic N) is 2. The molecule has 5 heteroatoms. The smallest absolute Gasteiger partial charge is 0.327 e. The van der Waals surface area contributed by atoms with Crippen molar-refractivity contribution in [2.24, 2.45) is 5.92 Å². The summed E-state index contributed by atoms with van der Waals surface area (Å²) in [6.07, 6.45) is 4.65. The van der Waals surface area contributed by atoms with Crippen molar-refractivity contribution in [2.75, 3.05) is 6.61 Å². The maximum Gasteiger partial charge on any atom is 0.327 e. The van der Waals surface area contributed by atoms with Gasteiger partial charge in [-0.05, 0) is 23.6 Å². The number of carbonyl (C=O) groups excluding carboxylic acids is 1. The second-order valence-corrected chi connectivity index (χ2v) is 4.98. The quantitative estimate of drug-likeness (QED) is 0.860. The molecule has 5 nitrogen and oxygen atoms in total. The van der Waals surface area contributed by atoms with E-state index in [9.17, 15) is 4.79 Å². The third kappa shape index (κ3) is 8.36. The Labute approximate surface area is 146 Å². The predicted molar refractivity (Wildman–Crippen MR) is 99.3 cm³/mol. The molecule has 1 amide bonds. The Morgan fingerprint density at radius 1 is 1.17 bits per heavy atom. The van der Waals surface area contributed by atoms with Crippen LogP contribution in [-0.2, 0) is 6.54 Å². The first-order valence-corrected chi connectivity index (χ1v) is 8.63. The summed E-state index contributed by atoms with van der Waals surface area (Å²) in [5.74, 6) is 1.35. The van der Waals surface area contributed by atoms with Gasteiger partial charge in [-0.2, -0.15) is 0 Å². The van der Waals surface area contributed by atoms with Crippen LogP contribution >= 0.6 is 0 Å². The molecule has 1 N–H and O–H groups in total. The normalized spacial score (nSPS) is 9.29. The van der Waals surface area contributed by atoms with Crippen molar-refractivity contribution in [1.29, 1.82) is 0 Å². The van der Waals surface area contributed by atoms with Gasteiger partial charge in [0.05, 0.1) is 6.61 Å². The average Bonchev–Trinajstić information content (AvgIpc) is 3.17. The van der Waals surface area contributed by atoms with E-state index >= 15 is 0 Å². The number of carbonyl (C=O) groups is 1. The third-order valence-electron chi connectivity index (χ3n) is 2.69. The van der Waals surface area contributed by atoms with Gasteiger partial charge in [0.2, 0.25) is 0 Å². The molecule has 1 heterocycles. The summed E-state index contributed by atoms with van der Waals surface area (Å²) in [6.45, 7) is 13.4. The molecular weight excluding hydrogens is 302 g/mol. The van der Waals surface area contributed by atoms with Gasteiger partial charge in [-0.3, -0.25) is 4.57 Å². The number of imidazole rings is 1. The number of aromatic nitrogens is 2. The molecule has 1 aromatic carbocycles. The number of hydrogen-bond acceptors (Lipinski definition) is 3. The summed E-state index contributed by atoms with van der Waals surface area (Å²) in [6, 6.07) is 7.54. The summed E-state index contributed by atoms with van der Waals surface area (Å²) in [5, 5.41) is 2.81. The Bertz CT molecular complexity index is 534. The predicted octanol–water partition coefficient (Wildman–Crippen LogP) is 4.73. The molecule has 0 aliphatic carbocycles. The highest BCUT2D eigenvalue weighted by molar-refractivity contribution is 5.76. The van der Waals surface area contributed by atoms with Gasteiger partial charge in [0.25, 0.3) is 0 Å². The molecule has 0 unspecified atom stereocenters. The fraction of sp³-hybridized carbons (Fsp3) is 0.474. The zero-order valence-electron chi connectivity index (χ0n) is 15.7. The molecule has 0 radical (unpaired) electrons. The van der Waals surface area contributed by atoms with Gasteiger partial charge in [-0.15, -0.1) is 0 Å². The summed E-state index contributed by atoms with van der Waals surface area (Å²) in [7, 11) is 0. The van der Waals surface area contributed by atoms with Crippen LogP contribution in [0.1, 0.15) is 47.1 Å². The van der Waals surface area contributed by atoms with E-state index in [1.807, 2.05) is 52.0 Å². The molecule has 134 valence electrons. The molecule has 0 spiro atoms. The van der Waals surface area contributed by atoms with Gasteiger partial charge in [0, 0.05) is 18.9 Å². The number of nitrogens with one attached hydrogen (secondary N) is 1. The first-order valence-electron chi connectivity index (χ1n) is 8.63. The summed E-state index contributed by atoms with van der Waals surface area (Å²) >= 11 is 0. The van der Waals surface area contributed by atoms with Crippen LogP contribution in [0, 0.1) is 5.92 Å². The van der Waals surface area contributed by atoms with E-state index in [0.29, 0.717) is 19.1 Å². The number of hydrogen-bond donors (Lipinski definition) is 1. The Morgan fingerprint density at radius 2 is 1.79 bits per heavy atom. The van der Waals surface area contributed by atoms with Crippen LogP contribution in [0.3, 0.4) is 0 Å². The molecule has 0 atom stereocenters. The Morgan fingerprint density at radius 3 is 2.29 bits per heavy atom. The van der Waals surface area contributed by atoms with E-state index in [4.69, 9.17) is 4.74 Å². The summed E-state index contributed by atoms with van der Waals surface area (Å²) < 4.78 is 7.01. The molecule has 24 heavy (non-hydrogen) atoms. The standard InChI is InChI=1S/C15H19N3O2.2C2H6/c1-12(2)10-20-14-5-3-13(4-6-14)9-17-15(19)18-8-7-16-11-18;2*1-2/h3-8,11-12H,9-10H2,1-2H3,(H,17,19);2*1-2H3. The van der Waals surface area contributed by atoms with Crippen molar-refractivity contribution in [3.05, 3.63) is 48.5 Å². The SMILES string of the molecule is CC.CC.CC(C)COc1ccc(CNC(=O)n2ccnc2)cc1. The number of benzene rings is 1. The van der Waals surface area contributed by atoms with Crippen molar-refractivity contribution < 1.29 is 9.53 Å². The van der Waals surface area contributed by atoms with E-state index in [-0.39, 0.29) is 6.03 Å². The molecule has 2 aromatic rings. The topological polar surface area (TPSA) is 56.1 Å². The van der Waals surface area contributed by atoms with E-state index in [2.05, 4.69) is 24.1 Å². The van der Waals surface area contributed by atoms with Crippen molar-refractivity contribution >= 4 is 6.03 Å². The van der Waals surface area contributed by atoms with E-state index in [1.54, 1.807) is 12.4 Å². The van der Waals surface area contributed by atoms with Crippen LogP contribution in [0.4, 0.5) is 4.79 Å². The maximum absolute atomic E-state index is 11.7. The fourth-order valence-corrected chi connectivity index (χ4v) is 1.61. The molecule has 0 saturated carbocycles. The lowest BCUT2D eigenvalue weighted by Gasteiger charge is -2.09. The van der Waals surface area contributed by atoms with Crippen LogP contribution in [-0.4, -0.2) is 22.2 Å². The second kappa shape index (κ2) is 13.2. The minimum atomic E-state index is -0.192. The Kier molecular flexibility index (Phi) is 11.9. The summed E-state index contributed by atoms with van der Waals surface area (Å²) in [5.41, 5.74) is 1.02. The molecule has 0 saturated heterocycles. The zero-order valence-corrected chi connectivity index (χ0v) is 15.7. The van der Waals surface area contributed by atoms with Crippen LogP contribution < -0.4 is 10.1 Å².